The average Bonchev–Trinajstić information content (AvgIpc) is 2.88. The lowest BCUT2D eigenvalue weighted by Gasteiger charge is -2.25. The van der Waals surface area contributed by atoms with Crippen LogP contribution in [0, 0.1) is 0 Å². The number of benzene rings is 1. The average molecular weight is 282 g/mol. The summed E-state index contributed by atoms with van der Waals surface area (Å²) in [6.07, 6.45) is 3.78. The van der Waals surface area contributed by atoms with Gasteiger partial charge in [0.05, 0.1) is 6.54 Å². The number of fused-ring (bicyclic) bond motifs is 3. The number of H-pyrrole nitrogens is 2. The molecule has 0 amide bonds. The molecule has 5 heteroatoms. The molecule has 108 valence electrons. The van der Waals surface area contributed by atoms with E-state index >= 15 is 0 Å². The fraction of sp³-hybridized carbons (Fsp3) is 0.375. The van der Waals surface area contributed by atoms with Crippen molar-refractivity contribution in [1.82, 2.24) is 19.9 Å². The Balaban J connectivity index is 1.79. The molecule has 1 saturated heterocycles. The first-order chi connectivity index (χ1) is 10.3. The number of para-hydroxylation sites is 1. The molecular formula is C16H18N4O. The molecule has 5 nitrogen and oxygen atoms in total. The van der Waals surface area contributed by atoms with Crippen LogP contribution in [0.3, 0.4) is 0 Å². The number of piperidine rings is 1. The normalized spacial score (nSPS) is 16.8. The van der Waals surface area contributed by atoms with Gasteiger partial charge < -0.3 is 9.97 Å². The Kier molecular flexibility index (Phi) is 3.00. The van der Waals surface area contributed by atoms with Crippen molar-refractivity contribution in [3.63, 3.8) is 0 Å². The quantitative estimate of drug-likeness (QED) is 0.758. The summed E-state index contributed by atoms with van der Waals surface area (Å²) in [5.41, 5.74) is 2.23. The Hall–Kier alpha value is -2.14. The molecule has 0 bridgehead atoms. The van der Waals surface area contributed by atoms with Crippen molar-refractivity contribution in [1.29, 1.82) is 0 Å². The highest BCUT2D eigenvalue weighted by molar-refractivity contribution is 6.04. The third-order valence-electron chi connectivity index (χ3n) is 4.23. The van der Waals surface area contributed by atoms with Gasteiger partial charge in [0, 0.05) is 10.9 Å². The highest BCUT2D eigenvalue weighted by atomic mass is 16.1. The number of nitrogens with one attached hydrogen (secondary N) is 2. The van der Waals surface area contributed by atoms with E-state index in [2.05, 4.69) is 19.9 Å². The number of aromatic nitrogens is 3. The zero-order valence-electron chi connectivity index (χ0n) is 11.9. The van der Waals surface area contributed by atoms with Crippen LogP contribution < -0.4 is 5.56 Å². The van der Waals surface area contributed by atoms with Crippen LogP contribution in [-0.4, -0.2) is 32.9 Å². The van der Waals surface area contributed by atoms with Crippen molar-refractivity contribution < 1.29 is 0 Å². The van der Waals surface area contributed by atoms with Crippen LogP contribution in [0.25, 0.3) is 21.9 Å². The number of likely N-dealkylation sites (tertiary alicyclic amines) is 1. The second-order valence-electron chi connectivity index (χ2n) is 5.74. The maximum absolute atomic E-state index is 12.3. The predicted molar refractivity (Wildman–Crippen MR) is 83.3 cm³/mol. The summed E-state index contributed by atoms with van der Waals surface area (Å²) in [5, 5.41) is 1.01. The molecule has 1 fully saturated rings. The van der Waals surface area contributed by atoms with Gasteiger partial charge in [-0.3, -0.25) is 9.69 Å². The summed E-state index contributed by atoms with van der Waals surface area (Å²) in [6, 6.07) is 7.91. The second-order valence-corrected chi connectivity index (χ2v) is 5.74. The van der Waals surface area contributed by atoms with E-state index in [-0.39, 0.29) is 5.56 Å². The largest absolute Gasteiger partial charge is 0.349 e. The molecular weight excluding hydrogens is 264 g/mol. The molecule has 1 aliphatic heterocycles. The molecule has 2 N–H and O–H groups in total. The maximum Gasteiger partial charge on any atom is 0.275 e. The lowest BCUT2D eigenvalue weighted by Crippen LogP contribution is -2.30. The Bertz CT molecular complexity index is 842. The minimum Gasteiger partial charge on any atom is -0.349 e. The lowest BCUT2D eigenvalue weighted by molar-refractivity contribution is 0.216. The molecule has 0 aliphatic carbocycles. The van der Waals surface area contributed by atoms with E-state index in [0.717, 1.165) is 41.9 Å². The van der Waals surface area contributed by atoms with Gasteiger partial charge in [-0.2, -0.15) is 0 Å². The van der Waals surface area contributed by atoms with Gasteiger partial charge in [0.15, 0.2) is 0 Å². The van der Waals surface area contributed by atoms with Crippen molar-refractivity contribution in [2.24, 2.45) is 0 Å². The summed E-state index contributed by atoms with van der Waals surface area (Å²) >= 11 is 0. The molecule has 0 unspecified atom stereocenters. The highest BCUT2D eigenvalue weighted by Crippen LogP contribution is 2.21. The first-order valence-corrected chi connectivity index (χ1v) is 7.53. The minimum atomic E-state index is -0.0804. The molecule has 0 atom stereocenters. The van der Waals surface area contributed by atoms with Crippen LogP contribution in [0.2, 0.25) is 0 Å². The van der Waals surface area contributed by atoms with Gasteiger partial charge in [0.1, 0.15) is 16.9 Å². The standard InChI is InChI=1S/C16H18N4O/c21-16-15-14(11-6-2-3-7-12(11)17-15)18-13(19-16)10-20-8-4-1-5-9-20/h2-3,6-7,17H,1,4-5,8-10H2,(H,18,19,21). The number of hydrogen-bond donors (Lipinski definition) is 2. The summed E-state index contributed by atoms with van der Waals surface area (Å²) in [6.45, 7) is 2.91. The van der Waals surface area contributed by atoms with Crippen molar-refractivity contribution in [2.75, 3.05) is 13.1 Å². The van der Waals surface area contributed by atoms with Gasteiger partial charge in [-0.25, -0.2) is 4.98 Å². The number of hydrogen-bond acceptors (Lipinski definition) is 3. The molecule has 4 rings (SSSR count). The van der Waals surface area contributed by atoms with Gasteiger partial charge in [-0.15, -0.1) is 0 Å². The van der Waals surface area contributed by atoms with Crippen LogP contribution >= 0.6 is 0 Å². The smallest absolute Gasteiger partial charge is 0.275 e. The van der Waals surface area contributed by atoms with E-state index in [0.29, 0.717) is 5.52 Å². The molecule has 1 aromatic carbocycles. The zero-order valence-corrected chi connectivity index (χ0v) is 11.9. The van der Waals surface area contributed by atoms with Gasteiger partial charge in [-0.05, 0) is 32.0 Å². The molecule has 21 heavy (non-hydrogen) atoms. The van der Waals surface area contributed by atoms with Crippen molar-refractivity contribution in [3.8, 4) is 0 Å². The van der Waals surface area contributed by atoms with E-state index in [1.54, 1.807) is 0 Å². The molecule has 2 aromatic heterocycles. The van der Waals surface area contributed by atoms with Crippen molar-refractivity contribution >= 4 is 21.9 Å². The fourth-order valence-corrected chi connectivity index (χ4v) is 3.17. The summed E-state index contributed by atoms with van der Waals surface area (Å²) < 4.78 is 0. The Morgan fingerprint density at radius 3 is 2.76 bits per heavy atom. The molecule has 1 aliphatic rings. The number of rotatable bonds is 2. The van der Waals surface area contributed by atoms with Crippen LogP contribution in [0.1, 0.15) is 25.1 Å². The van der Waals surface area contributed by atoms with Gasteiger partial charge >= 0.3 is 0 Å². The van der Waals surface area contributed by atoms with E-state index in [1.807, 2.05) is 24.3 Å². The molecule has 0 radical (unpaired) electrons. The van der Waals surface area contributed by atoms with Crippen molar-refractivity contribution in [2.45, 2.75) is 25.8 Å². The number of nitrogens with zero attached hydrogens (tertiary/aromatic N) is 2. The minimum absolute atomic E-state index is 0.0804. The van der Waals surface area contributed by atoms with Crippen LogP contribution in [0.5, 0.6) is 0 Å². The monoisotopic (exact) mass is 282 g/mol. The third-order valence-corrected chi connectivity index (χ3v) is 4.23. The molecule has 0 spiro atoms. The van der Waals surface area contributed by atoms with Crippen molar-refractivity contribution in [3.05, 3.63) is 40.4 Å². The van der Waals surface area contributed by atoms with Crippen LogP contribution in [-0.2, 0) is 6.54 Å². The Morgan fingerprint density at radius 1 is 1.10 bits per heavy atom. The topological polar surface area (TPSA) is 64.8 Å². The molecule has 0 saturated carbocycles. The summed E-state index contributed by atoms with van der Waals surface area (Å²) in [4.78, 5) is 25.4. The van der Waals surface area contributed by atoms with E-state index < -0.39 is 0 Å². The first kappa shape index (κ1) is 12.6. The third kappa shape index (κ3) is 2.23. The van der Waals surface area contributed by atoms with Gasteiger partial charge in [0.25, 0.3) is 5.56 Å². The molecule has 3 aromatic rings. The molecule has 3 heterocycles. The second kappa shape index (κ2) is 5.00. The summed E-state index contributed by atoms with van der Waals surface area (Å²) in [7, 11) is 0. The summed E-state index contributed by atoms with van der Waals surface area (Å²) in [5.74, 6) is 0.763. The lowest BCUT2D eigenvalue weighted by atomic mass is 10.1. The zero-order chi connectivity index (χ0) is 14.2. The number of aromatic amines is 2. The van der Waals surface area contributed by atoms with E-state index in [1.165, 1.54) is 19.3 Å². The Morgan fingerprint density at radius 2 is 1.90 bits per heavy atom. The van der Waals surface area contributed by atoms with E-state index in [9.17, 15) is 4.79 Å². The highest BCUT2D eigenvalue weighted by Gasteiger charge is 2.14. The fourth-order valence-electron chi connectivity index (χ4n) is 3.17. The van der Waals surface area contributed by atoms with Crippen LogP contribution in [0.15, 0.2) is 29.1 Å². The van der Waals surface area contributed by atoms with Gasteiger partial charge in [-0.1, -0.05) is 24.6 Å². The van der Waals surface area contributed by atoms with E-state index in [4.69, 9.17) is 0 Å². The van der Waals surface area contributed by atoms with Crippen LogP contribution in [0.4, 0.5) is 0 Å². The SMILES string of the molecule is O=c1[nH]c(CN2CCCCC2)nc2c1[nH]c1ccccc12. The first-order valence-electron chi connectivity index (χ1n) is 7.53. The van der Waals surface area contributed by atoms with Gasteiger partial charge in [0.2, 0.25) is 0 Å². The maximum atomic E-state index is 12.3. The Labute approximate surface area is 122 Å². The predicted octanol–water partition coefficient (Wildman–Crippen LogP) is 2.39.